The van der Waals surface area contributed by atoms with E-state index >= 15 is 0 Å². The number of hydrogen-bond donors (Lipinski definition) is 1. The first kappa shape index (κ1) is 15.8. The second-order valence-electron chi connectivity index (χ2n) is 4.30. The minimum Gasteiger partial charge on any atom is -0.357 e. The highest BCUT2D eigenvalue weighted by Crippen LogP contribution is 2.18. The van der Waals surface area contributed by atoms with Crippen LogP contribution in [0.3, 0.4) is 0 Å². The third-order valence-electron chi connectivity index (χ3n) is 2.64. The van der Waals surface area contributed by atoms with Crippen molar-refractivity contribution in [2.75, 3.05) is 12.4 Å². The average molecular weight is 330 g/mol. The minimum atomic E-state index is -5.18. The van der Waals surface area contributed by atoms with Crippen molar-refractivity contribution >= 4 is 33.7 Å². The van der Waals surface area contributed by atoms with Crippen LogP contribution in [0.4, 0.5) is 9.57 Å². The van der Waals surface area contributed by atoms with Crippen LogP contribution in [-0.4, -0.2) is 43.0 Å². The normalized spacial score (nSPS) is 15.3. The number of rotatable bonds is 4. The SMILES string of the molecule is CN1N=C(C(=O)Nc2cncc(OS(=O)(=O)F)c2)CCC1=O. The fourth-order valence-corrected chi connectivity index (χ4v) is 2.00. The molecule has 0 aliphatic carbocycles. The van der Waals surface area contributed by atoms with E-state index in [0.29, 0.717) is 0 Å². The molecule has 9 nitrogen and oxygen atoms in total. The highest BCUT2D eigenvalue weighted by Gasteiger charge is 2.22. The molecule has 22 heavy (non-hydrogen) atoms. The molecule has 0 atom stereocenters. The van der Waals surface area contributed by atoms with Crippen LogP contribution < -0.4 is 9.50 Å². The number of anilines is 1. The smallest absolute Gasteiger partial charge is 0.357 e. The van der Waals surface area contributed by atoms with Crippen LogP contribution in [-0.2, 0) is 20.1 Å². The molecule has 1 N–H and O–H groups in total. The van der Waals surface area contributed by atoms with Gasteiger partial charge in [-0.05, 0) is 0 Å². The van der Waals surface area contributed by atoms with Crippen molar-refractivity contribution in [2.24, 2.45) is 5.10 Å². The second kappa shape index (κ2) is 6.05. The Morgan fingerprint density at radius 3 is 2.77 bits per heavy atom. The summed E-state index contributed by atoms with van der Waals surface area (Å²) in [5.41, 5.74) is 0.222. The molecule has 0 bridgehead atoms. The van der Waals surface area contributed by atoms with Crippen molar-refractivity contribution < 1.29 is 26.1 Å². The van der Waals surface area contributed by atoms with Crippen LogP contribution in [0.15, 0.2) is 23.6 Å². The summed E-state index contributed by atoms with van der Waals surface area (Å²) in [5.74, 6) is -1.18. The Morgan fingerprint density at radius 1 is 1.41 bits per heavy atom. The summed E-state index contributed by atoms with van der Waals surface area (Å²) in [6.45, 7) is 0. The van der Waals surface area contributed by atoms with Gasteiger partial charge in [-0.15, -0.1) is 0 Å². The van der Waals surface area contributed by atoms with Crippen LogP contribution >= 0.6 is 0 Å². The number of nitrogens with zero attached hydrogens (tertiary/aromatic N) is 3. The van der Waals surface area contributed by atoms with Gasteiger partial charge in [0.25, 0.3) is 5.91 Å². The van der Waals surface area contributed by atoms with E-state index < -0.39 is 22.2 Å². The molecular weight excluding hydrogens is 319 g/mol. The maximum absolute atomic E-state index is 12.4. The van der Waals surface area contributed by atoms with Crippen LogP contribution in [0.5, 0.6) is 5.75 Å². The maximum Gasteiger partial charge on any atom is 0.488 e. The van der Waals surface area contributed by atoms with Gasteiger partial charge in [-0.2, -0.15) is 13.5 Å². The molecule has 2 rings (SSSR count). The third kappa shape index (κ3) is 4.22. The average Bonchev–Trinajstić information content (AvgIpc) is 2.40. The highest BCUT2D eigenvalue weighted by molar-refractivity contribution is 7.81. The first-order valence-electron chi connectivity index (χ1n) is 5.99. The van der Waals surface area contributed by atoms with Gasteiger partial charge in [0.05, 0.1) is 18.1 Å². The molecule has 0 aromatic carbocycles. The van der Waals surface area contributed by atoms with Crippen LogP contribution in [0.2, 0.25) is 0 Å². The fraction of sp³-hybridized carbons (Fsp3) is 0.273. The number of carbonyl (C=O) groups is 2. The predicted octanol–water partition coefficient (Wildman–Crippen LogP) is 0.221. The van der Waals surface area contributed by atoms with Gasteiger partial charge < -0.3 is 9.50 Å². The molecule has 1 aliphatic rings. The zero-order valence-electron chi connectivity index (χ0n) is 11.3. The molecule has 1 aromatic rings. The number of aromatic nitrogens is 1. The molecular formula is C11H11FN4O5S. The molecule has 11 heteroatoms. The van der Waals surface area contributed by atoms with Gasteiger partial charge in [-0.3, -0.25) is 14.6 Å². The third-order valence-corrected chi connectivity index (χ3v) is 3.03. The summed E-state index contributed by atoms with van der Waals surface area (Å²) in [5, 5.41) is 7.29. The molecule has 1 aromatic heterocycles. The van der Waals surface area contributed by atoms with Crippen molar-refractivity contribution in [2.45, 2.75) is 12.8 Å². The number of halogens is 1. The summed E-state index contributed by atoms with van der Waals surface area (Å²) < 4.78 is 37.2. The minimum absolute atomic E-state index is 0.0911. The van der Waals surface area contributed by atoms with E-state index in [1.807, 2.05) is 0 Å². The lowest BCUT2D eigenvalue weighted by Crippen LogP contribution is -2.34. The van der Waals surface area contributed by atoms with E-state index in [9.17, 15) is 21.9 Å². The highest BCUT2D eigenvalue weighted by atomic mass is 32.3. The maximum atomic E-state index is 12.4. The van der Waals surface area contributed by atoms with Crippen LogP contribution in [0.1, 0.15) is 12.8 Å². The number of nitrogens with one attached hydrogen (secondary N) is 1. The number of hydrogen-bond acceptors (Lipinski definition) is 7. The Hall–Kier alpha value is -2.56. The number of amides is 2. The van der Waals surface area contributed by atoms with Gasteiger partial charge >= 0.3 is 10.5 Å². The topological polar surface area (TPSA) is 118 Å². The van der Waals surface area contributed by atoms with Crippen molar-refractivity contribution in [1.29, 1.82) is 0 Å². The largest absolute Gasteiger partial charge is 0.488 e. The first-order chi connectivity index (χ1) is 10.2. The first-order valence-corrected chi connectivity index (χ1v) is 7.30. The molecule has 2 heterocycles. The van der Waals surface area contributed by atoms with Crippen LogP contribution in [0.25, 0.3) is 0 Å². The molecule has 2 amide bonds. The van der Waals surface area contributed by atoms with Gasteiger partial charge in [0.1, 0.15) is 5.71 Å². The predicted molar refractivity (Wildman–Crippen MR) is 73.0 cm³/mol. The molecule has 1 aliphatic heterocycles. The van der Waals surface area contributed by atoms with Crippen molar-refractivity contribution in [3.63, 3.8) is 0 Å². The lowest BCUT2D eigenvalue weighted by Gasteiger charge is -2.18. The van der Waals surface area contributed by atoms with Gasteiger partial charge in [0.15, 0.2) is 5.75 Å². The fourth-order valence-electron chi connectivity index (χ4n) is 1.68. The van der Waals surface area contributed by atoms with Crippen molar-refractivity contribution in [3.8, 4) is 5.75 Å². The molecule has 0 spiro atoms. The van der Waals surface area contributed by atoms with E-state index in [1.165, 1.54) is 13.2 Å². The molecule has 0 unspecified atom stereocenters. The van der Waals surface area contributed by atoms with Gasteiger partial charge in [0, 0.05) is 26.0 Å². The monoisotopic (exact) mass is 330 g/mol. The second-order valence-corrected chi connectivity index (χ2v) is 5.26. The van der Waals surface area contributed by atoms with E-state index in [0.717, 1.165) is 17.3 Å². The number of hydrazone groups is 1. The van der Waals surface area contributed by atoms with E-state index in [2.05, 4.69) is 19.6 Å². The van der Waals surface area contributed by atoms with Crippen LogP contribution in [0, 0.1) is 0 Å². The summed E-state index contributed by atoms with van der Waals surface area (Å²) in [7, 11) is -3.75. The Balaban J connectivity index is 2.11. The van der Waals surface area contributed by atoms with E-state index in [1.54, 1.807) is 0 Å². The summed E-state index contributed by atoms with van der Waals surface area (Å²) in [6.07, 6.45) is 2.52. The molecule has 118 valence electrons. The quantitative estimate of drug-likeness (QED) is 0.789. The lowest BCUT2D eigenvalue weighted by atomic mass is 10.1. The molecule has 0 radical (unpaired) electrons. The summed E-state index contributed by atoms with van der Waals surface area (Å²) in [6, 6.07) is 1.08. The van der Waals surface area contributed by atoms with Gasteiger partial charge in [0.2, 0.25) is 5.91 Å². The summed E-state index contributed by atoms with van der Waals surface area (Å²) >= 11 is 0. The Labute approximate surface area is 125 Å². The zero-order chi connectivity index (χ0) is 16.3. The van der Waals surface area contributed by atoms with E-state index in [-0.39, 0.29) is 30.1 Å². The Kier molecular flexibility index (Phi) is 4.35. The van der Waals surface area contributed by atoms with E-state index in [4.69, 9.17) is 0 Å². The Bertz CT molecular complexity index is 749. The lowest BCUT2D eigenvalue weighted by molar-refractivity contribution is -0.130. The van der Waals surface area contributed by atoms with Gasteiger partial charge in [-0.25, -0.2) is 5.01 Å². The molecule has 0 saturated carbocycles. The van der Waals surface area contributed by atoms with Crippen molar-refractivity contribution in [1.82, 2.24) is 9.99 Å². The zero-order valence-corrected chi connectivity index (χ0v) is 12.1. The van der Waals surface area contributed by atoms with Crippen molar-refractivity contribution in [3.05, 3.63) is 18.5 Å². The molecule has 0 saturated heterocycles. The summed E-state index contributed by atoms with van der Waals surface area (Å²) in [4.78, 5) is 26.9. The Morgan fingerprint density at radius 2 is 2.14 bits per heavy atom. The number of carbonyl (C=O) groups excluding carboxylic acids is 2. The number of pyridine rings is 1. The standard InChI is InChI=1S/C11H11FN4O5S/c1-16-10(17)3-2-9(15-16)11(18)14-7-4-8(6-13-5-7)21-22(12,19)20/h4-6H,2-3H2,1H3,(H,14,18). The molecule has 0 fully saturated rings. The van der Waals surface area contributed by atoms with Gasteiger partial charge in [-0.1, -0.05) is 3.89 Å².